The molecule has 3 aromatic rings. The molecule has 0 unspecified atom stereocenters. The highest BCUT2D eigenvalue weighted by molar-refractivity contribution is 6.00. The minimum absolute atomic E-state index is 0.322. The summed E-state index contributed by atoms with van der Waals surface area (Å²) in [7, 11) is 3.07. The van der Waals surface area contributed by atoms with E-state index in [0.717, 1.165) is 16.3 Å². The lowest BCUT2D eigenvalue weighted by molar-refractivity contribution is 0.0954. The second kappa shape index (κ2) is 7.49. The first-order valence-corrected chi connectivity index (χ1v) is 7.76. The number of rotatable bonds is 5. The van der Waals surface area contributed by atoms with Crippen molar-refractivity contribution < 1.29 is 14.3 Å². The number of ether oxygens (including phenoxy) is 2. The lowest BCUT2D eigenvalue weighted by Gasteiger charge is -2.08. The number of methoxy groups -OCH3 is 2. The molecule has 126 valence electrons. The van der Waals surface area contributed by atoms with Crippen molar-refractivity contribution in [3.8, 4) is 11.5 Å². The highest BCUT2D eigenvalue weighted by atomic mass is 16.5. The lowest BCUT2D eigenvalue weighted by Crippen LogP contribution is -2.17. The van der Waals surface area contributed by atoms with Gasteiger partial charge in [-0.05, 0) is 29.0 Å². The van der Waals surface area contributed by atoms with E-state index in [4.69, 9.17) is 9.47 Å². The predicted molar refractivity (Wildman–Crippen MR) is 98.6 cm³/mol. The molecular formula is C20H18N2O3. The van der Waals surface area contributed by atoms with Crippen molar-refractivity contribution in [2.45, 2.75) is 0 Å². The fourth-order valence-electron chi connectivity index (χ4n) is 2.57. The second-order valence-electron chi connectivity index (χ2n) is 5.34. The lowest BCUT2D eigenvalue weighted by atomic mass is 10.1. The van der Waals surface area contributed by atoms with E-state index < -0.39 is 0 Å². The van der Waals surface area contributed by atoms with E-state index >= 15 is 0 Å². The van der Waals surface area contributed by atoms with Gasteiger partial charge in [0, 0.05) is 11.1 Å². The van der Waals surface area contributed by atoms with E-state index in [1.54, 1.807) is 31.5 Å². The third-order valence-electron chi connectivity index (χ3n) is 3.84. The molecule has 0 bridgehead atoms. The van der Waals surface area contributed by atoms with Gasteiger partial charge in [0.1, 0.15) is 0 Å². The highest BCUT2D eigenvalue weighted by Gasteiger charge is 2.10. The molecule has 0 saturated heterocycles. The first-order valence-electron chi connectivity index (χ1n) is 7.76. The summed E-state index contributed by atoms with van der Waals surface area (Å²) in [5.41, 5.74) is 3.91. The molecule has 0 aliphatic heterocycles. The Morgan fingerprint density at radius 1 is 0.960 bits per heavy atom. The number of nitrogens with one attached hydrogen (secondary N) is 1. The molecule has 0 aromatic heterocycles. The van der Waals surface area contributed by atoms with Gasteiger partial charge in [0.15, 0.2) is 11.5 Å². The van der Waals surface area contributed by atoms with Crippen LogP contribution in [0.15, 0.2) is 65.8 Å². The molecule has 25 heavy (non-hydrogen) atoms. The molecule has 3 rings (SSSR count). The number of nitrogens with zero attached hydrogens (tertiary/aromatic N) is 1. The number of hydrogen-bond donors (Lipinski definition) is 1. The molecule has 1 N–H and O–H groups in total. The predicted octanol–water partition coefficient (Wildman–Crippen LogP) is 3.62. The standard InChI is InChI=1S/C20H18N2O3/c1-24-18-11-10-15(12-19(18)25-2)20(23)22-21-13-16-8-5-7-14-6-3-4-9-17(14)16/h3-13H,1-2H3,(H,22,23). The summed E-state index contributed by atoms with van der Waals surface area (Å²) in [6.07, 6.45) is 1.64. The van der Waals surface area contributed by atoms with Crippen molar-refractivity contribution in [1.29, 1.82) is 0 Å². The van der Waals surface area contributed by atoms with Crippen LogP contribution in [0.25, 0.3) is 10.8 Å². The largest absolute Gasteiger partial charge is 0.493 e. The summed E-state index contributed by atoms with van der Waals surface area (Å²) in [6, 6.07) is 18.9. The fraction of sp³-hybridized carbons (Fsp3) is 0.100. The van der Waals surface area contributed by atoms with Crippen LogP contribution in [0.4, 0.5) is 0 Å². The number of fused-ring (bicyclic) bond motifs is 1. The third kappa shape index (κ3) is 3.61. The van der Waals surface area contributed by atoms with Gasteiger partial charge in [0.2, 0.25) is 0 Å². The van der Waals surface area contributed by atoms with Crippen LogP contribution in [0.5, 0.6) is 11.5 Å². The number of hydrogen-bond acceptors (Lipinski definition) is 4. The van der Waals surface area contributed by atoms with Crippen molar-refractivity contribution in [2.75, 3.05) is 14.2 Å². The third-order valence-corrected chi connectivity index (χ3v) is 3.84. The van der Waals surface area contributed by atoms with Gasteiger partial charge >= 0.3 is 0 Å². The minimum Gasteiger partial charge on any atom is -0.493 e. The molecule has 5 nitrogen and oxygen atoms in total. The maximum Gasteiger partial charge on any atom is 0.271 e. The zero-order chi connectivity index (χ0) is 17.6. The van der Waals surface area contributed by atoms with Gasteiger partial charge in [-0.25, -0.2) is 5.43 Å². The van der Waals surface area contributed by atoms with Crippen LogP contribution in [0.2, 0.25) is 0 Å². The Morgan fingerprint density at radius 3 is 2.52 bits per heavy atom. The van der Waals surface area contributed by atoms with Crippen LogP contribution >= 0.6 is 0 Å². The molecule has 1 amide bonds. The Kier molecular flexibility index (Phi) is 4.95. The van der Waals surface area contributed by atoms with E-state index in [1.165, 1.54) is 7.11 Å². The summed E-state index contributed by atoms with van der Waals surface area (Å²) in [5, 5.41) is 6.27. The molecule has 3 aromatic carbocycles. The van der Waals surface area contributed by atoms with E-state index in [-0.39, 0.29) is 5.91 Å². The molecule has 0 aliphatic carbocycles. The maximum absolute atomic E-state index is 12.2. The molecule has 0 radical (unpaired) electrons. The summed E-state index contributed by atoms with van der Waals surface area (Å²) >= 11 is 0. The minimum atomic E-state index is -0.322. The van der Waals surface area contributed by atoms with Crippen LogP contribution in [0, 0.1) is 0 Å². The van der Waals surface area contributed by atoms with Crippen LogP contribution in [-0.2, 0) is 0 Å². The van der Waals surface area contributed by atoms with Crippen molar-refractivity contribution in [2.24, 2.45) is 5.10 Å². The van der Waals surface area contributed by atoms with Gasteiger partial charge in [0.05, 0.1) is 20.4 Å². The molecule has 0 spiro atoms. The van der Waals surface area contributed by atoms with Crippen molar-refractivity contribution >= 4 is 22.9 Å². The molecule has 0 atom stereocenters. The van der Waals surface area contributed by atoms with Crippen LogP contribution in [0.3, 0.4) is 0 Å². The topological polar surface area (TPSA) is 59.9 Å². The number of amides is 1. The quantitative estimate of drug-likeness (QED) is 0.573. The normalized spacial score (nSPS) is 10.8. The number of carbonyl (C=O) groups is 1. The molecule has 0 heterocycles. The van der Waals surface area contributed by atoms with Crippen molar-refractivity contribution in [3.05, 3.63) is 71.8 Å². The first kappa shape index (κ1) is 16.5. The van der Waals surface area contributed by atoms with E-state index in [0.29, 0.717) is 17.1 Å². The highest BCUT2D eigenvalue weighted by Crippen LogP contribution is 2.27. The zero-order valence-electron chi connectivity index (χ0n) is 14.0. The molecular weight excluding hydrogens is 316 g/mol. The van der Waals surface area contributed by atoms with E-state index in [2.05, 4.69) is 10.5 Å². The average Bonchev–Trinajstić information content (AvgIpc) is 2.67. The Hall–Kier alpha value is -3.34. The van der Waals surface area contributed by atoms with Crippen molar-refractivity contribution in [1.82, 2.24) is 5.43 Å². The van der Waals surface area contributed by atoms with Gasteiger partial charge in [0.25, 0.3) is 5.91 Å². The average molecular weight is 334 g/mol. The Labute approximate surface area is 145 Å². The Balaban J connectivity index is 1.76. The van der Waals surface area contributed by atoms with Crippen LogP contribution in [-0.4, -0.2) is 26.3 Å². The van der Waals surface area contributed by atoms with Crippen LogP contribution < -0.4 is 14.9 Å². The fourth-order valence-corrected chi connectivity index (χ4v) is 2.57. The monoisotopic (exact) mass is 334 g/mol. The van der Waals surface area contributed by atoms with E-state index in [1.807, 2.05) is 42.5 Å². The number of hydrazone groups is 1. The van der Waals surface area contributed by atoms with Crippen LogP contribution in [0.1, 0.15) is 15.9 Å². The zero-order valence-corrected chi connectivity index (χ0v) is 14.0. The first-order chi connectivity index (χ1) is 12.2. The smallest absolute Gasteiger partial charge is 0.271 e. The SMILES string of the molecule is COc1ccc(C(=O)NN=Cc2cccc3ccccc23)cc1OC. The molecule has 0 aliphatic rings. The molecule has 0 fully saturated rings. The molecule has 0 saturated carbocycles. The van der Waals surface area contributed by atoms with Gasteiger partial charge in [-0.1, -0.05) is 42.5 Å². The summed E-state index contributed by atoms with van der Waals surface area (Å²) in [6.45, 7) is 0. The molecule has 5 heteroatoms. The summed E-state index contributed by atoms with van der Waals surface area (Å²) in [4.78, 5) is 12.2. The van der Waals surface area contributed by atoms with Gasteiger partial charge < -0.3 is 9.47 Å². The summed E-state index contributed by atoms with van der Waals surface area (Å²) < 4.78 is 10.4. The van der Waals surface area contributed by atoms with Gasteiger partial charge in [-0.3, -0.25) is 4.79 Å². The maximum atomic E-state index is 12.2. The summed E-state index contributed by atoms with van der Waals surface area (Å²) in [5.74, 6) is 0.740. The Morgan fingerprint density at radius 2 is 1.72 bits per heavy atom. The van der Waals surface area contributed by atoms with Gasteiger partial charge in [-0.2, -0.15) is 5.10 Å². The number of carbonyl (C=O) groups excluding carboxylic acids is 1. The van der Waals surface area contributed by atoms with Gasteiger partial charge in [-0.15, -0.1) is 0 Å². The Bertz CT molecular complexity index is 930. The van der Waals surface area contributed by atoms with Crippen molar-refractivity contribution in [3.63, 3.8) is 0 Å². The number of benzene rings is 3. The van der Waals surface area contributed by atoms with E-state index in [9.17, 15) is 4.79 Å². The second-order valence-corrected chi connectivity index (χ2v) is 5.34.